The Balaban J connectivity index is 1.58. The van der Waals surface area contributed by atoms with Crippen molar-refractivity contribution in [2.24, 2.45) is 5.10 Å². The Bertz CT molecular complexity index is 794. The molecule has 1 saturated heterocycles. The van der Waals surface area contributed by atoms with Crippen LogP contribution in [0.15, 0.2) is 41.5 Å². The highest BCUT2D eigenvalue weighted by Crippen LogP contribution is 2.19. The van der Waals surface area contributed by atoms with E-state index < -0.39 is 0 Å². The molecule has 0 amide bonds. The van der Waals surface area contributed by atoms with Crippen LogP contribution in [0.1, 0.15) is 35.4 Å². The van der Waals surface area contributed by atoms with Gasteiger partial charge in [-0.25, -0.2) is 5.01 Å². The third kappa shape index (κ3) is 5.17. The number of thiocarbonyl (C=S) groups is 1. The van der Waals surface area contributed by atoms with Crippen molar-refractivity contribution in [2.75, 3.05) is 13.7 Å². The molecule has 0 unspecified atom stereocenters. The summed E-state index contributed by atoms with van der Waals surface area (Å²) >= 11 is 5.43. The van der Waals surface area contributed by atoms with Gasteiger partial charge in [-0.1, -0.05) is 30.3 Å². The SMILES string of the molecule is Cc1cc(/C=N\N(C)C(=S)NCc2ccccc2)c(C)n1C[C@H]1CCCO1. The van der Waals surface area contributed by atoms with Crippen LogP contribution in [-0.4, -0.2) is 40.7 Å². The molecular formula is C21H28N4OS. The number of rotatable bonds is 6. The van der Waals surface area contributed by atoms with Crippen LogP contribution in [0.2, 0.25) is 0 Å². The van der Waals surface area contributed by atoms with E-state index in [1.165, 1.54) is 17.0 Å². The molecule has 1 N–H and O–H groups in total. The van der Waals surface area contributed by atoms with Gasteiger partial charge >= 0.3 is 0 Å². The number of aromatic nitrogens is 1. The first-order valence-corrected chi connectivity index (χ1v) is 9.83. The molecule has 6 heteroatoms. The van der Waals surface area contributed by atoms with E-state index >= 15 is 0 Å². The zero-order valence-corrected chi connectivity index (χ0v) is 17.1. The summed E-state index contributed by atoms with van der Waals surface area (Å²) in [6, 6.07) is 12.4. The summed E-state index contributed by atoms with van der Waals surface area (Å²) in [7, 11) is 1.86. The van der Waals surface area contributed by atoms with E-state index in [-0.39, 0.29) is 0 Å². The fourth-order valence-corrected chi connectivity index (χ4v) is 3.44. The average molecular weight is 385 g/mol. The largest absolute Gasteiger partial charge is 0.376 e. The molecule has 1 aliphatic heterocycles. The number of nitrogens with zero attached hydrogens (tertiary/aromatic N) is 3. The zero-order valence-electron chi connectivity index (χ0n) is 16.3. The van der Waals surface area contributed by atoms with Crippen molar-refractivity contribution in [2.45, 2.75) is 45.9 Å². The number of ether oxygens (including phenoxy) is 1. The summed E-state index contributed by atoms with van der Waals surface area (Å²) in [4.78, 5) is 0. The van der Waals surface area contributed by atoms with Gasteiger partial charge in [0.05, 0.1) is 12.3 Å². The zero-order chi connectivity index (χ0) is 19.2. The Morgan fingerprint density at radius 3 is 2.85 bits per heavy atom. The molecule has 1 aromatic heterocycles. The number of hydrogen-bond donors (Lipinski definition) is 1. The quantitative estimate of drug-likeness (QED) is 0.469. The average Bonchev–Trinajstić information content (AvgIpc) is 3.29. The molecule has 0 spiro atoms. The Labute approximate surface area is 167 Å². The number of benzene rings is 1. The molecule has 0 saturated carbocycles. The molecular weight excluding hydrogens is 356 g/mol. The van der Waals surface area contributed by atoms with E-state index in [0.717, 1.165) is 31.6 Å². The Hall–Kier alpha value is -2.18. The Morgan fingerprint density at radius 2 is 2.15 bits per heavy atom. The molecule has 2 aromatic rings. The predicted octanol–water partition coefficient (Wildman–Crippen LogP) is 3.62. The second kappa shape index (κ2) is 9.15. The standard InChI is InChI=1S/C21H28N4OS/c1-16-12-19(17(2)25(16)15-20-10-7-11-26-20)14-23-24(3)21(27)22-13-18-8-5-4-6-9-18/h4-6,8-9,12,14,20H,7,10-11,13,15H2,1-3H3,(H,22,27)/b23-14-/t20-/m1/s1. The highest BCUT2D eigenvalue weighted by atomic mass is 32.1. The topological polar surface area (TPSA) is 41.8 Å². The van der Waals surface area contributed by atoms with Gasteiger partial charge in [0.25, 0.3) is 0 Å². The van der Waals surface area contributed by atoms with Gasteiger partial charge in [0.2, 0.25) is 0 Å². The molecule has 0 bridgehead atoms. The van der Waals surface area contributed by atoms with E-state index in [1.807, 2.05) is 31.5 Å². The van der Waals surface area contributed by atoms with Crippen LogP contribution in [0.5, 0.6) is 0 Å². The third-order valence-corrected chi connectivity index (χ3v) is 5.38. The lowest BCUT2D eigenvalue weighted by atomic mass is 10.2. The highest BCUT2D eigenvalue weighted by Gasteiger charge is 2.18. The number of aryl methyl sites for hydroxylation is 1. The van der Waals surface area contributed by atoms with E-state index in [2.05, 4.69) is 47.0 Å². The molecule has 0 radical (unpaired) electrons. The van der Waals surface area contributed by atoms with Crippen molar-refractivity contribution >= 4 is 23.5 Å². The fourth-order valence-electron chi connectivity index (χ4n) is 3.32. The smallest absolute Gasteiger partial charge is 0.189 e. The minimum absolute atomic E-state index is 0.331. The van der Waals surface area contributed by atoms with Crippen LogP contribution >= 0.6 is 12.2 Å². The van der Waals surface area contributed by atoms with E-state index in [9.17, 15) is 0 Å². The van der Waals surface area contributed by atoms with Gasteiger partial charge in [-0.2, -0.15) is 5.10 Å². The van der Waals surface area contributed by atoms with Crippen molar-refractivity contribution in [3.63, 3.8) is 0 Å². The molecule has 1 aromatic carbocycles. The summed E-state index contributed by atoms with van der Waals surface area (Å²) in [6.45, 7) is 6.76. The maximum atomic E-state index is 5.78. The molecule has 0 aliphatic carbocycles. The van der Waals surface area contributed by atoms with E-state index in [1.54, 1.807) is 5.01 Å². The number of nitrogens with one attached hydrogen (secondary N) is 1. The van der Waals surface area contributed by atoms with Crippen LogP contribution < -0.4 is 5.32 Å². The maximum Gasteiger partial charge on any atom is 0.189 e. The normalized spacial score (nSPS) is 16.8. The molecule has 2 heterocycles. The Kier molecular flexibility index (Phi) is 6.63. The van der Waals surface area contributed by atoms with Gasteiger partial charge in [-0.15, -0.1) is 0 Å². The molecule has 144 valence electrons. The summed E-state index contributed by atoms with van der Waals surface area (Å²) in [5.74, 6) is 0. The van der Waals surface area contributed by atoms with Crippen molar-refractivity contribution in [1.29, 1.82) is 0 Å². The van der Waals surface area contributed by atoms with Gasteiger partial charge in [-0.05, 0) is 50.5 Å². The van der Waals surface area contributed by atoms with Gasteiger partial charge < -0.3 is 14.6 Å². The molecule has 27 heavy (non-hydrogen) atoms. The van der Waals surface area contributed by atoms with Crippen LogP contribution in [0.4, 0.5) is 0 Å². The van der Waals surface area contributed by atoms with Crippen LogP contribution in [0.3, 0.4) is 0 Å². The summed E-state index contributed by atoms with van der Waals surface area (Å²) in [5.41, 5.74) is 4.75. The monoisotopic (exact) mass is 384 g/mol. The fraction of sp³-hybridized carbons (Fsp3) is 0.429. The third-order valence-electron chi connectivity index (χ3n) is 4.97. The first kappa shape index (κ1) is 19.6. The van der Waals surface area contributed by atoms with Crippen molar-refractivity contribution in [3.05, 3.63) is 58.9 Å². The summed E-state index contributed by atoms with van der Waals surface area (Å²) < 4.78 is 8.10. The second-order valence-electron chi connectivity index (χ2n) is 6.98. The van der Waals surface area contributed by atoms with Crippen LogP contribution in [0.25, 0.3) is 0 Å². The van der Waals surface area contributed by atoms with Gasteiger partial charge in [0.15, 0.2) is 5.11 Å². The minimum Gasteiger partial charge on any atom is -0.376 e. The van der Waals surface area contributed by atoms with Crippen molar-refractivity contribution in [3.8, 4) is 0 Å². The number of hydrazone groups is 1. The first-order valence-electron chi connectivity index (χ1n) is 9.42. The molecule has 1 aliphatic rings. The Morgan fingerprint density at radius 1 is 1.37 bits per heavy atom. The lowest BCUT2D eigenvalue weighted by molar-refractivity contribution is 0.0962. The van der Waals surface area contributed by atoms with E-state index in [0.29, 0.717) is 17.8 Å². The molecule has 1 atom stereocenters. The maximum absolute atomic E-state index is 5.78. The van der Waals surface area contributed by atoms with Crippen LogP contribution in [-0.2, 0) is 17.8 Å². The lowest BCUT2D eigenvalue weighted by Crippen LogP contribution is -2.33. The van der Waals surface area contributed by atoms with Gasteiger partial charge in [-0.3, -0.25) is 0 Å². The van der Waals surface area contributed by atoms with Crippen molar-refractivity contribution < 1.29 is 4.74 Å². The summed E-state index contributed by atoms with van der Waals surface area (Å²) in [6.07, 6.45) is 4.52. The molecule has 3 rings (SSSR count). The molecule has 5 nitrogen and oxygen atoms in total. The van der Waals surface area contributed by atoms with Gasteiger partial charge in [0.1, 0.15) is 0 Å². The highest BCUT2D eigenvalue weighted by molar-refractivity contribution is 7.80. The lowest BCUT2D eigenvalue weighted by Gasteiger charge is -2.16. The minimum atomic E-state index is 0.331. The van der Waals surface area contributed by atoms with Crippen molar-refractivity contribution in [1.82, 2.24) is 14.9 Å². The van der Waals surface area contributed by atoms with Crippen LogP contribution in [0, 0.1) is 13.8 Å². The molecule has 1 fully saturated rings. The first-order chi connectivity index (χ1) is 13.0. The van der Waals surface area contributed by atoms with Gasteiger partial charge in [0, 0.05) is 43.7 Å². The predicted molar refractivity (Wildman–Crippen MR) is 114 cm³/mol. The van der Waals surface area contributed by atoms with E-state index in [4.69, 9.17) is 17.0 Å². The number of hydrogen-bond acceptors (Lipinski definition) is 3. The second-order valence-corrected chi connectivity index (χ2v) is 7.37. The summed E-state index contributed by atoms with van der Waals surface area (Å²) in [5, 5.41) is 10.0.